The van der Waals surface area contributed by atoms with Crippen molar-refractivity contribution in [2.75, 3.05) is 36.5 Å². The van der Waals surface area contributed by atoms with Gasteiger partial charge in [-0.3, -0.25) is 14.3 Å². The van der Waals surface area contributed by atoms with Gasteiger partial charge in [0.05, 0.1) is 40.2 Å². The van der Waals surface area contributed by atoms with E-state index in [0.717, 1.165) is 24.9 Å². The van der Waals surface area contributed by atoms with Gasteiger partial charge in [0.2, 0.25) is 0 Å². The summed E-state index contributed by atoms with van der Waals surface area (Å²) in [5.74, 6) is -2.38. The maximum atomic E-state index is 16.9. The fourth-order valence-electron chi connectivity index (χ4n) is 9.95. The van der Waals surface area contributed by atoms with Crippen molar-refractivity contribution in [3.63, 3.8) is 0 Å². The van der Waals surface area contributed by atoms with Crippen LogP contribution in [0.2, 0.25) is 0 Å². The van der Waals surface area contributed by atoms with Crippen molar-refractivity contribution in [1.82, 2.24) is 24.4 Å². The fourth-order valence-corrected chi connectivity index (χ4v) is 9.95. The van der Waals surface area contributed by atoms with E-state index in [-0.39, 0.29) is 52.9 Å². The van der Waals surface area contributed by atoms with E-state index in [9.17, 15) is 9.18 Å². The van der Waals surface area contributed by atoms with Gasteiger partial charge in [-0.05, 0) is 113 Å². The molecule has 15 heteroatoms. The van der Waals surface area contributed by atoms with Crippen LogP contribution in [0.5, 0.6) is 0 Å². The molecule has 2 aromatic heterocycles. The molecule has 0 bridgehead atoms. The third kappa shape index (κ3) is 7.67. The van der Waals surface area contributed by atoms with Crippen molar-refractivity contribution >= 4 is 39.4 Å². The first kappa shape index (κ1) is 41.8. The van der Waals surface area contributed by atoms with Crippen molar-refractivity contribution < 1.29 is 31.5 Å². The van der Waals surface area contributed by atoms with Crippen LogP contribution in [0.1, 0.15) is 105 Å². The number of ether oxygens (including phenoxy) is 1. The molecule has 0 spiro atoms. The molecule has 9 rings (SSSR count). The van der Waals surface area contributed by atoms with Gasteiger partial charge < -0.3 is 25.3 Å². The van der Waals surface area contributed by atoms with Gasteiger partial charge in [0.25, 0.3) is 0 Å². The molecule has 6 aromatic rings. The van der Waals surface area contributed by atoms with Gasteiger partial charge in [-0.2, -0.15) is 0 Å². The van der Waals surface area contributed by atoms with Crippen LogP contribution in [-0.4, -0.2) is 63.1 Å². The first-order chi connectivity index (χ1) is 29.7. The number of rotatable bonds is 10. The van der Waals surface area contributed by atoms with Gasteiger partial charge in [0, 0.05) is 42.0 Å². The number of likely N-dealkylation sites (tertiary alicyclic amines) is 1. The van der Waals surface area contributed by atoms with Crippen LogP contribution in [0.15, 0.2) is 60.7 Å². The topological polar surface area (TPSA) is 109 Å². The molecule has 0 aliphatic carbocycles. The Balaban J connectivity index is 1.10. The highest BCUT2D eigenvalue weighted by Crippen LogP contribution is 2.50. The highest BCUT2D eigenvalue weighted by molar-refractivity contribution is 5.79. The summed E-state index contributed by atoms with van der Waals surface area (Å²) >= 11 is 0. The normalized spacial score (nSPS) is 20.7. The Morgan fingerprint density at radius 2 is 1.47 bits per heavy atom. The van der Waals surface area contributed by atoms with E-state index in [4.69, 9.17) is 15.5 Å². The molecule has 4 atom stereocenters. The summed E-state index contributed by atoms with van der Waals surface area (Å²) in [5, 5.41) is 0. The predicted octanol–water partition coefficient (Wildman–Crippen LogP) is 9.63. The number of nitrogens with one attached hydrogen (secondary N) is 1. The molecule has 3 unspecified atom stereocenters. The molecule has 3 aliphatic rings. The average molecular weight is 855 g/mol. The number of nitrogens with zero attached hydrogens (tertiary/aromatic N) is 6. The molecule has 0 saturated carbocycles. The zero-order chi connectivity index (χ0) is 43.6. The number of benzene rings is 4. The first-order valence-corrected chi connectivity index (χ1v) is 21.5. The number of aryl methyl sites for hydroxylation is 1. The minimum Gasteiger partial charge on any atom is -0.443 e. The third-order valence-corrected chi connectivity index (χ3v) is 13.3. The number of halogens is 5. The molecule has 5 heterocycles. The van der Waals surface area contributed by atoms with E-state index < -0.39 is 47.4 Å². The van der Waals surface area contributed by atoms with Crippen molar-refractivity contribution in [3.05, 3.63) is 118 Å². The number of fused-ring (bicyclic) bond motifs is 2. The summed E-state index contributed by atoms with van der Waals surface area (Å²) in [6, 6.07) is 12.5. The number of aromatic nitrogens is 4. The standard InChI is InChI=1S/C47H51F5N8O2/c1-25(2)44(53)47(61)62-24-59-43-23-34(50)32(21-39(43)56-46(59)42-6-5-15-57(42)4)41-12-11-40(31-20-37-38(22-33(31)49)55-26(3)54-37)60(41)30-18-35(51)45(36(52)19-30)58-16-13-28(14-17-58)27-7-9-29(48)10-8-27/h7-10,18-23,25,28,40-42,44H,5-6,11-17,24,53H2,1-4H3,(H,54,55)/t40?,41-,42?,44?/m1/s1. The second kappa shape index (κ2) is 16.6. The summed E-state index contributed by atoms with van der Waals surface area (Å²) in [5.41, 5.74) is 9.53. The lowest BCUT2D eigenvalue weighted by Gasteiger charge is -2.36. The second-order valence-corrected chi connectivity index (χ2v) is 17.6. The number of aromatic amines is 1. The van der Waals surface area contributed by atoms with E-state index in [1.165, 1.54) is 36.4 Å². The zero-order valence-electron chi connectivity index (χ0n) is 35.3. The van der Waals surface area contributed by atoms with Crippen molar-refractivity contribution in [1.29, 1.82) is 0 Å². The number of hydrogen-bond acceptors (Lipinski definition) is 8. The van der Waals surface area contributed by atoms with Gasteiger partial charge in [-0.25, -0.2) is 31.9 Å². The Morgan fingerprint density at radius 3 is 2.11 bits per heavy atom. The van der Waals surface area contributed by atoms with Crippen LogP contribution in [-0.2, 0) is 16.3 Å². The number of piperidine rings is 1. The maximum Gasteiger partial charge on any atom is 0.324 e. The Hall–Kier alpha value is -5.54. The molecule has 0 amide bonds. The van der Waals surface area contributed by atoms with Crippen LogP contribution in [0.25, 0.3) is 22.1 Å². The summed E-state index contributed by atoms with van der Waals surface area (Å²) in [6.45, 7) is 6.83. The molecule has 3 fully saturated rings. The summed E-state index contributed by atoms with van der Waals surface area (Å²) < 4.78 is 87.2. The van der Waals surface area contributed by atoms with Gasteiger partial charge in [-0.15, -0.1) is 0 Å². The lowest BCUT2D eigenvalue weighted by molar-refractivity contribution is -0.150. The number of hydrogen-bond donors (Lipinski definition) is 2. The SMILES string of the molecule is Cc1nc2cc(F)c(C3CC[C@H](c4cc5nc(C6CCCN6C)n(COC(=O)C(N)C(C)C)c5cc4F)N3c3cc(F)c(N4CCC(c5ccc(F)cc5)CC4)c(F)c3)cc2[nH]1. The summed E-state index contributed by atoms with van der Waals surface area (Å²) in [6.07, 6.45) is 3.66. The Morgan fingerprint density at radius 1 is 0.806 bits per heavy atom. The third-order valence-electron chi connectivity index (χ3n) is 13.3. The molecule has 3 aliphatic heterocycles. The number of H-pyrrole nitrogens is 1. The minimum atomic E-state index is -0.835. The van der Waals surface area contributed by atoms with Gasteiger partial charge in [-0.1, -0.05) is 26.0 Å². The maximum absolute atomic E-state index is 16.9. The second-order valence-electron chi connectivity index (χ2n) is 17.6. The van der Waals surface area contributed by atoms with Gasteiger partial charge in [0.15, 0.2) is 18.4 Å². The van der Waals surface area contributed by atoms with E-state index in [2.05, 4.69) is 14.9 Å². The molecule has 0 radical (unpaired) electrons. The van der Waals surface area contributed by atoms with Crippen LogP contribution in [0.3, 0.4) is 0 Å². The Kier molecular flexibility index (Phi) is 11.2. The Labute approximate surface area is 356 Å². The largest absolute Gasteiger partial charge is 0.443 e. The lowest BCUT2D eigenvalue weighted by Crippen LogP contribution is -2.37. The van der Waals surface area contributed by atoms with Gasteiger partial charge in [0.1, 0.15) is 40.8 Å². The number of anilines is 2. The lowest BCUT2D eigenvalue weighted by atomic mass is 9.89. The molecular weight excluding hydrogens is 804 g/mol. The molecule has 3 saturated heterocycles. The number of carbonyl (C=O) groups is 1. The number of carbonyl (C=O) groups excluding carboxylic acids is 1. The number of nitrogens with two attached hydrogens (primary N) is 1. The highest BCUT2D eigenvalue weighted by Gasteiger charge is 2.40. The van der Waals surface area contributed by atoms with Crippen LogP contribution in [0, 0.1) is 41.9 Å². The summed E-state index contributed by atoms with van der Waals surface area (Å²) in [4.78, 5) is 31.0. The first-order valence-electron chi connectivity index (χ1n) is 21.5. The van der Waals surface area contributed by atoms with Crippen molar-refractivity contribution in [2.24, 2.45) is 11.7 Å². The molecular formula is C47H51F5N8O2. The molecule has 10 nitrogen and oxygen atoms in total. The molecule has 62 heavy (non-hydrogen) atoms. The van der Waals surface area contributed by atoms with E-state index in [1.807, 2.05) is 20.9 Å². The molecule has 4 aromatic carbocycles. The number of imidazole rings is 2. The predicted molar refractivity (Wildman–Crippen MR) is 228 cm³/mol. The van der Waals surface area contributed by atoms with Crippen molar-refractivity contribution in [2.45, 2.75) is 96.1 Å². The van der Waals surface area contributed by atoms with E-state index >= 15 is 17.6 Å². The fraction of sp³-hybridized carbons (Fsp3) is 0.426. The zero-order valence-corrected chi connectivity index (χ0v) is 35.3. The highest BCUT2D eigenvalue weighted by atomic mass is 19.1. The molecule has 326 valence electrons. The number of esters is 1. The average Bonchev–Trinajstić information content (AvgIpc) is 4.03. The van der Waals surface area contributed by atoms with Crippen LogP contribution >= 0.6 is 0 Å². The minimum absolute atomic E-state index is 0.110. The van der Waals surface area contributed by atoms with E-state index in [0.29, 0.717) is 72.5 Å². The van der Waals surface area contributed by atoms with Crippen LogP contribution < -0.4 is 15.5 Å². The van der Waals surface area contributed by atoms with Crippen LogP contribution in [0.4, 0.5) is 33.3 Å². The molecule has 3 N–H and O–H groups in total. The Bertz CT molecular complexity index is 2620. The summed E-state index contributed by atoms with van der Waals surface area (Å²) in [7, 11) is 1.99. The monoisotopic (exact) mass is 854 g/mol. The smallest absolute Gasteiger partial charge is 0.324 e. The quantitative estimate of drug-likeness (QED) is 0.104. The van der Waals surface area contributed by atoms with E-state index in [1.54, 1.807) is 45.6 Å². The van der Waals surface area contributed by atoms with Gasteiger partial charge >= 0.3 is 5.97 Å². The van der Waals surface area contributed by atoms with Crippen molar-refractivity contribution in [3.8, 4) is 0 Å².